The van der Waals surface area contributed by atoms with Gasteiger partial charge in [0.2, 0.25) is 17.7 Å². The molecule has 2 saturated heterocycles. The Labute approximate surface area is 160 Å². The van der Waals surface area contributed by atoms with Gasteiger partial charge in [0.25, 0.3) is 0 Å². The molecule has 28 heavy (non-hydrogen) atoms. The highest BCUT2D eigenvalue weighted by molar-refractivity contribution is 6.15. The zero-order chi connectivity index (χ0) is 19.6. The van der Waals surface area contributed by atoms with Crippen molar-refractivity contribution >= 4 is 23.4 Å². The van der Waals surface area contributed by atoms with Crippen molar-refractivity contribution in [3.63, 3.8) is 0 Å². The second kappa shape index (κ2) is 5.72. The van der Waals surface area contributed by atoms with Gasteiger partial charge in [0.05, 0.1) is 18.4 Å². The molecule has 6 nitrogen and oxygen atoms in total. The molecular weight excluding hydrogens is 361 g/mol. The maximum atomic E-state index is 13.3. The standard InChI is InChI=1S/C21H18FN3O3/c1-11-16-17(21(24-11)14-4-2-3-5-15(14)23-20(21)28)19(27)25(18(16)26)10-12-6-8-13(22)9-7-12/h2-9,11,16-17,24H,10H2,1H3,(H,23,28)/t11-,16+,17-,21+/m0/s1. The van der Waals surface area contributed by atoms with E-state index in [2.05, 4.69) is 10.6 Å². The Kier molecular flexibility index (Phi) is 3.49. The smallest absolute Gasteiger partial charge is 0.250 e. The predicted molar refractivity (Wildman–Crippen MR) is 98.3 cm³/mol. The highest BCUT2D eigenvalue weighted by Crippen LogP contribution is 2.52. The normalized spacial score (nSPS) is 30.7. The molecule has 3 amide bonds. The first-order valence-corrected chi connectivity index (χ1v) is 9.22. The number of benzene rings is 2. The molecule has 142 valence electrons. The average Bonchev–Trinajstić information content (AvgIpc) is 3.23. The van der Waals surface area contributed by atoms with Gasteiger partial charge in [-0.1, -0.05) is 30.3 Å². The van der Waals surface area contributed by atoms with Gasteiger partial charge in [0.1, 0.15) is 11.4 Å². The molecule has 2 aromatic carbocycles. The van der Waals surface area contributed by atoms with Gasteiger partial charge in [-0.3, -0.25) is 24.6 Å². The van der Waals surface area contributed by atoms with Gasteiger partial charge in [-0.2, -0.15) is 0 Å². The van der Waals surface area contributed by atoms with E-state index in [0.29, 0.717) is 16.8 Å². The lowest BCUT2D eigenvalue weighted by Gasteiger charge is -2.29. The quantitative estimate of drug-likeness (QED) is 0.780. The third-order valence-corrected chi connectivity index (χ3v) is 6.12. The molecular formula is C21H18FN3O3. The topological polar surface area (TPSA) is 78.5 Å². The monoisotopic (exact) mass is 379 g/mol. The van der Waals surface area contributed by atoms with Gasteiger partial charge < -0.3 is 5.32 Å². The Morgan fingerprint density at radius 3 is 2.50 bits per heavy atom. The van der Waals surface area contributed by atoms with Gasteiger partial charge in [-0.05, 0) is 30.7 Å². The fourth-order valence-electron chi connectivity index (χ4n) is 4.91. The molecule has 0 unspecified atom stereocenters. The second-order valence-electron chi connectivity index (χ2n) is 7.63. The van der Waals surface area contributed by atoms with Crippen LogP contribution in [-0.2, 0) is 26.5 Å². The van der Waals surface area contributed by atoms with Crippen LogP contribution >= 0.6 is 0 Å². The first-order valence-electron chi connectivity index (χ1n) is 9.22. The van der Waals surface area contributed by atoms with E-state index in [1.54, 1.807) is 18.2 Å². The fraction of sp³-hybridized carbons (Fsp3) is 0.286. The minimum absolute atomic E-state index is 0.0665. The molecule has 7 heteroatoms. The van der Waals surface area contributed by atoms with Crippen LogP contribution in [0.5, 0.6) is 0 Å². The summed E-state index contributed by atoms with van der Waals surface area (Å²) in [6, 6.07) is 12.6. The Balaban J connectivity index is 1.56. The number of nitrogens with one attached hydrogen (secondary N) is 2. The van der Waals surface area contributed by atoms with Crippen LogP contribution in [0, 0.1) is 17.7 Å². The van der Waals surface area contributed by atoms with Crippen molar-refractivity contribution < 1.29 is 18.8 Å². The lowest BCUT2D eigenvalue weighted by atomic mass is 9.76. The van der Waals surface area contributed by atoms with Crippen LogP contribution in [0.4, 0.5) is 10.1 Å². The number of rotatable bonds is 2. The summed E-state index contributed by atoms with van der Waals surface area (Å²) in [6.45, 7) is 1.89. The largest absolute Gasteiger partial charge is 0.324 e. The number of amides is 3. The van der Waals surface area contributed by atoms with Crippen molar-refractivity contribution in [2.24, 2.45) is 11.8 Å². The van der Waals surface area contributed by atoms with Crippen LogP contribution in [0.15, 0.2) is 48.5 Å². The van der Waals surface area contributed by atoms with Crippen LogP contribution in [0.3, 0.4) is 0 Å². The minimum Gasteiger partial charge on any atom is -0.324 e. The average molecular weight is 379 g/mol. The number of hydrogen-bond donors (Lipinski definition) is 2. The highest BCUT2D eigenvalue weighted by Gasteiger charge is 2.69. The molecule has 0 aliphatic carbocycles. The Bertz CT molecular complexity index is 1020. The van der Waals surface area contributed by atoms with Crippen LogP contribution in [0.2, 0.25) is 0 Å². The van der Waals surface area contributed by atoms with Crippen molar-refractivity contribution in [2.45, 2.75) is 25.0 Å². The molecule has 5 rings (SSSR count). The van der Waals surface area contributed by atoms with E-state index in [-0.39, 0.29) is 36.1 Å². The van der Waals surface area contributed by atoms with Crippen LogP contribution in [-0.4, -0.2) is 28.7 Å². The number of fused-ring (bicyclic) bond motifs is 4. The van der Waals surface area contributed by atoms with Gasteiger partial charge >= 0.3 is 0 Å². The van der Waals surface area contributed by atoms with Crippen LogP contribution in [0.25, 0.3) is 0 Å². The van der Waals surface area contributed by atoms with Gasteiger partial charge in [-0.25, -0.2) is 4.39 Å². The predicted octanol–water partition coefficient (Wildman–Crippen LogP) is 1.77. The van der Waals surface area contributed by atoms with E-state index in [9.17, 15) is 18.8 Å². The highest BCUT2D eigenvalue weighted by atomic mass is 19.1. The summed E-state index contributed by atoms with van der Waals surface area (Å²) in [5.41, 5.74) is 0.772. The van der Waals surface area contributed by atoms with Crippen molar-refractivity contribution in [3.05, 3.63) is 65.5 Å². The lowest BCUT2D eigenvalue weighted by Crippen LogP contribution is -2.52. The molecule has 3 heterocycles. The summed E-state index contributed by atoms with van der Waals surface area (Å²) in [6.07, 6.45) is 0. The number of para-hydroxylation sites is 1. The summed E-state index contributed by atoms with van der Waals surface area (Å²) in [5.74, 6) is -2.78. The van der Waals surface area contributed by atoms with E-state index in [1.165, 1.54) is 17.0 Å². The SMILES string of the molecule is C[C@@H]1N[C@@]2(C(=O)Nc3ccccc32)[C@@H]2C(=O)N(Cc3ccc(F)cc3)C(=O)[C@H]12. The fourth-order valence-corrected chi connectivity index (χ4v) is 4.91. The molecule has 4 atom stereocenters. The number of carbonyl (C=O) groups excluding carboxylic acids is 3. The van der Waals surface area contributed by atoms with Crippen LogP contribution in [0.1, 0.15) is 18.1 Å². The zero-order valence-corrected chi connectivity index (χ0v) is 15.1. The molecule has 3 aliphatic rings. The first-order chi connectivity index (χ1) is 13.4. The van der Waals surface area contributed by atoms with Gasteiger partial charge in [0, 0.05) is 17.3 Å². The molecule has 2 fully saturated rings. The van der Waals surface area contributed by atoms with Gasteiger partial charge in [-0.15, -0.1) is 0 Å². The number of halogens is 1. The van der Waals surface area contributed by atoms with Gasteiger partial charge in [0.15, 0.2) is 0 Å². The van der Waals surface area contributed by atoms with Crippen molar-refractivity contribution in [2.75, 3.05) is 5.32 Å². The zero-order valence-electron chi connectivity index (χ0n) is 15.1. The maximum Gasteiger partial charge on any atom is 0.250 e. The van der Waals surface area contributed by atoms with E-state index >= 15 is 0 Å². The number of imide groups is 1. The molecule has 0 saturated carbocycles. The molecule has 2 N–H and O–H groups in total. The first kappa shape index (κ1) is 17.1. The number of hydrogen-bond acceptors (Lipinski definition) is 4. The maximum absolute atomic E-state index is 13.3. The Hall–Kier alpha value is -3.06. The summed E-state index contributed by atoms with van der Waals surface area (Å²) >= 11 is 0. The van der Waals surface area contributed by atoms with E-state index in [1.807, 2.05) is 25.1 Å². The summed E-state index contributed by atoms with van der Waals surface area (Å²) in [4.78, 5) is 40.6. The number of carbonyl (C=O) groups is 3. The van der Waals surface area contributed by atoms with E-state index in [4.69, 9.17) is 0 Å². The van der Waals surface area contributed by atoms with E-state index < -0.39 is 17.4 Å². The molecule has 0 bridgehead atoms. The molecule has 0 radical (unpaired) electrons. The summed E-state index contributed by atoms with van der Waals surface area (Å²) in [5, 5.41) is 6.10. The minimum atomic E-state index is -1.25. The van der Waals surface area contributed by atoms with E-state index in [0.717, 1.165) is 0 Å². The third-order valence-electron chi connectivity index (χ3n) is 6.12. The summed E-state index contributed by atoms with van der Waals surface area (Å²) in [7, 11) is 0. The molecule has 0 aromatic heterocycles. The molecule has 3 aliphatic heterocycles. The van der Waals surface area contributed by atoms with Crippen molar-refractivity contribution in [1.29, 1.82) is 0 Å². The van der Waals surface area contributed by atoms with Crippen LogP contribution < -0.4 is 10.6 Å². The second-order valence-corrected chi connectivity index (χ2v) is 7.63. The molecule has 1 spiro atoms. The van der Waals surface area contributed by atoms with Crippen molar-refractivity contribution in [3.8, 4) is 0 Å². The number of nitrogens with zero attached hydrogens (tertiary/aromatic N) is 1. The van der Waals surface area contributed by atoms with Crippen molar-refractivity contribution in [1.82, 2.24) is 10.2 Å². The lowest BCUT2D eigenvalue weighted by molar-refractivity contribution is -0.143. The summed E-state index contributed by atoms with van der Waals surface area (Å²) < 4.78 is 13.2. The third kappa shape index (κ3) is 2.08. The molecule has 2 aromatic rings. The number of likely N-dealkylation sites (tertiary alicyclic amines) is 1. The number of anilines is 1. The Morgan fingerprint density at radius 2 is 1.75 bits per heavy atom. The Morgan fingerprint density at radius 1 is 1.04 bits per heavy atom.